The third-order valence-corrected chi connectivity index (χ3v) is 4.98. The second-order valence-electron chi connectivity index (χ2n) is 7.14. The molecule has 4 aromatic rings. The molecule has 0 aliphatic rings. The van der Waals surface area contributed by atoms with Crippen LogP contribution in [-0.4, -0.2) is 10.8 Å². The van der Waals surface area contributed by atoms with Crippen LogP contribution in [0, 0.1) is 10.1 Å². The molecule has 0 aliphatic heterocycles. The summed E-state index contributed by atoms with van der Waals surface area (Å²) in [6.07, 6.45) is 1.67. The van der Waals surface area contributed by atoms with E-state index in [9.17, 15) is 14.9 Å². The quantitative estimate of drug-likeness (QED) is 0.169. The number of carbonyl (C=O) groups excluding carboxylic acids is 1. The van der Waals surface area contributed by atoms with Crippen molar-refractivity contribution in [3.63, 3.8) is 0 Å². The minimum Gasteiger partial charge on any atom is -0.321 e. The molecule has 4 rings (SSSR count). The number of nitro groups is 1. The van der Waals surface area contributed by atoms with Gasteiger partial charge in [-0.15, -0.1) is 0 Å². The SMILES string of the molecule is O=C(Nc1ccccc1-c1ccccc1)/C(=C/c1cccc([N+](=O)[O-])c1)c1ccccc1. The van der Waals surface area contributed by atoms with E-state index in [1.807, 2.05) is 84.9 Å². The number of non-ortho nitro benzene ring substituents is 1. The highest BCUT2D eigenvalue weighted by atomic mass is 16.6. The lowest BCUT2D eigenvalue weighted by molar-refractivity contribution is -0.384. The van der Waals surface area contributed by atoms with E-state index in [4.69, 9.17) is 0 Å². The monoisotopic (exact) mass is 420 g/mol. The lowest BCUT2D eigenvalue weighted by Gasteiger charge is -2.14. The zero-order chi connectivity index (χ0) is 22.3. The van der Waals surface area contributed by atoms with Crippen LogP contribution >= 0.6 is 0 Å². The number of para-hydroxylation sites is 1. The fourth-order valence-electron chi connectivity index (χ4n) is 3.44. The van der Waals surface area contributed by atoms with Crippen molar-refractivity contribution < 1.29 is 9.72 Å². The summed E-state index contributed by atoms with van der Waals surface area (Å²) in [5, 5.41) is 14.2. The van der Waals surface area contributed by atoms with Crippen LogP contribution in [0.5, 0.6) is 0 Å². The van der Waals surface area contributed by atoms with Gasteiger partial charge < -0.3 is 5.32 Å². The van der Waals surface area contributed by atoms with Gasteiger partial charge in [0.05, 0.1) is 4.92 Å². The molecule has 5 nitrogen and oxygen atoms in total. The minimum absolute atomic E-state index is 0.0269. The van der Waals surface area contributed by atoms with Crippen LogP contribution in [0.25, 0.3) is 22.8 Å². The van der Waals surface area contributed by atoms with Gasteiger partial charge in [0.1, 0.15) is 0 Å². The molecule has 1 N–H and O–H groups in total. The summed E-state index contributed by atoms with van der Waals surface area (Å²) in [4.78, 5) is 24.1. The van der Waals surface area contributed by atoms with Gasteiger partial charge in [0.2, 0.25) is 0 Å². The molecule has 0 saturated carbocycles. The smallest absolute Gasteiger partial charge is 0.270 e. The van der Waals surface area contributed by atoms with Crippen LogP contribution in [0.2, 0.25) is 0 Å². The molecule has 1 amide bonds. The molecule has 0 heterocycles. The van der Waals surface area contributed by atoms with Gasteiger partial charge in [-0.1, -0.05) is 91.0 Å². The maximum Gasteiger partial charge on any atom is 0.270 e. The van der Waals surface area contributed by atoms with Crippen molar-refractivity contribution in [2.45, 2.75) is 0 Å². The van der Waals surface area contributed by atoms with Crippen molar-refractivity contribution in [1.82, 2.24) is 0 Å². The number of anilines is 1. The van der Waals surface area contributed by atoms with E-state index in [0.29, 0.717) is 22.4 Å². The molecule has 0 bridgehead atoms. The number of carbonyl (C=O) groups is 1. The van der Waals surface area contributed by atoms with Gasteiger partial charge >= 0.3 is 0 Å². The molecule has 156 valence electrons. The largest absolute Gasteiger partial charge is 0.321 e. The predicted octanol–water partition coefficient (Wildman–Crippen LogP) is 6.44. The molecule has 0 radical (unpaired) electrons. The molecule has 32 heavy (non-hydrogen) atoms. The molecular weight excluding hydrogens is 400 g/mol. The van der Waals surface area contributed by atoms with Crippen molar-refractivity contribution in [1.29, 1.82) is 0 Å². The Balaban J connectivity index is 1.73. The van der Waals surface area contributed by atoms with Crippen LogP contribution in [0.4, 0.5) is 11.4 Å². The molecule has 4 aromatic carbocycles. The van der Waals surface area contributed by atoms with Gasteiger partial charge in [-0.05, 0) is 28.8 Å². The molecule has 5 heteroatoms. The second-order valence-corrected chi connectivity index (χ2v) is 7.14. The lowest BCUT2D eigenvalue weighted by Crippen LogP contribution is -2.14. The Morgan fingerprint density at radius 2 is 1.44 bits per heavy atom. The number of hydrogen-bond acceptors (Lipinski definition) is 3. The molecule has 0 atom stereocenters. The summed E-state index contributed by atoms with van der Waals surface area (Å²) >= 11 is 0. The summed E-state index contributed by atoms with van der Waals surface area (Å²) in [7, 11) is 0. The van der Waals surface area contributed by atoms with Crippen LogP contribution in [0.15, 0.2) is 109 Å². The normalized spacial score (nSPS) is 11.1. The first kappa shape index (κ1) is 20.8. The average Bonchev–Trinajstić information content (AvgIpc) is 2.84. The molecule has 0 unspecified atom stereocenters. The lowest BCUT2D eigenvalue weighted by atomic mass is 10.0. The first-order valence-electron chi connectivity index (χ1n) is 10.1. The molecule has 0 aromatic heterocycles. The van der Waals surface area contributed by atoms with Crippen molar-refractivity contribution >= 4 is 28.9 Å². The van der Waals surface area contributed by atoms with Crippen molar-refractivity contribution in [2.24, 2.45) is 0 Å². The van der Waals surface area contributed by atoms with Crippen molar-refractivity contribution in [2.75, 3.05) is 5.32 Å². The Hall–Kier alpha value is -4.51. The summed E-state index contributed by atoms with van der Waals surface area (Å²) in [5.74, 6) is -0.300. The Kier molecular flexibility index (Phi) is 6.18. The highest BCUT2D eigenvalue weighted by Crippen LogP contribution is 2.29. The number of nitrogens with one attached hydrogen (secondary N) is 1. The van der Waals surface area contributed by atoms with Gasteiger partial charge in [-0.3, -0.25) is 14.9 Å². The number of nitrogens with zero attached hydrogens (tertiary/aromatic N) is 1. The number of amides is 1. The standard InChI is InChI=1S/C27H20N2O3/c30-27(28-26-17-8-7-16-24(26)21-11-3-1-4-12-21)25(22-13-5-2-6-14-22)19-20-10-9-15-23(18-20)29(31)32/h1-19H,(H,28,30)/b25-19+. The number of nitro benzene ring substituents is 1. The van der Waals surface area contributed by atoms with E-state index >= 15 is 0 Å². The van der Waals surface area contributed by atoms with Gasteiger partial charge in [0.15, 0.2) is 0 Å². The Morgan fingerprint density at radius 3 is 2.16 bits per heavy atom. The maximum absolute atomic E-state index is 13.4. The topological polar surface area (TPSA) is 72.2 Å². The molecule has 0 spiro atoms. The minimum atomic E-state index is -0.449. The number of rotatable bonds is 6. The third kappa shape index (κ3) is 4.79. The van der Waals surface area contributed by atoms with Crippen molar-refractivity contribution in [3.05, 3.63) is 130 Å². The van der Waals surface area contributed by atoms with E-state index in [2.05, 4.69) is 5.32 Å². The van der Waals surface area contributed by atoms with E-state index in [1.165, 1.54) is 12.1 Å². The van der Waals surface area contributed by atoms with Crippen LogP contribution < -0.4 is 5.32 Å². The second kappa shape index (κ2) is 9.53. The molecule has 0 saturated heterocycles. The molecule has 0 aliphatic carbocycles. The van der Waals surface area contributed by atoms with E-state index in [1.54, 1.807) is 18.2 Å². The summed E-state index contributed by atoms with van der Waals surface area (Å²) < 4.78 is 0. The van der Waals surface area contributed by atoms with Crippen LogP contribution in [0.3, 0.4) is 0 Å². The number of hydrogen-bond donors (Lipinski definition) is 1. The highest BCUT2D eigenvalue weighted by Gasteiger charge is 2.15. The van der Waals surface area contributed by atoms with Gasteiger partial charge in [-0.25, -0.2) is 0 Å². The van der Waals surface area contributed by atoms with Crippen molar-refractivity contribution in [3.8, 4) is 11.1 Å². The predicted molar refractivity (Wildman–Crippen MR) is 128 cm³/mol. The number of benzene rings is 4. The highest BCUT2D eigenvalue weighted by molar-refractivity contribution is 6.29. The van der Waals surface area contributed by atoms with E-state index in [0.717, 1.165) is 11.1 Å². The average molecular weight is 420 g/mol. The fourth-order valence-corrected chi connectivity index (χ4v) is 3.44. The summed E-state index contributed by atoms with van der Waals surface area (Å²) in [5.41, 5.74) is 4.26. The molecular formula is C27H20N2O3. The zero-order valence-corrected chi connectivity index (χ0v) is 17.1. The van der Waals surface area contributed by atoms with E-state index < -0.39 is 4.92 Å². The zero-order valence-electron chi connectivity index (χ0n) is 17.1. The first-order chi connectivity index (χ1) is 15.6. The Bertz CT molecular complexity index is 1280. The Labute approximate surface area is 185 Å². The molecule has 0 fully saturated rings. The van der Waals surface area contributed by atoms with Crippen LogP contribution in [0.1, 0.15) is 11.1 Å². The summed E-state index contributed by atoms with van der Waals surface area (Å²) in [6.45, 7) is 0. The van der Waals surface area contributed by atoms with Gasteiger partial charge in [-0.2, -0.15) is 0 Å². The fraction of sp³-hybridized carbons (Fsp3) is 0. The maximum atomic E-state index is 13.4. The first-order valence-corrected chi connectivity index (χ1v) is 10.1. The third-order valence-electron chi connectivity index (χ3n) is 4.98. The van der Waals surface area contributed by atoms with E-state index in [-0.39, 0.29) is 11.6 Å². The van der Waals surface area contributed by atoms with Gasteiger partial charge in [0, 0.05) is 29.0 Å². The van der Waals surface area contributed by atoms with Gasteiger partial charge in [0.25, 0.3) is 11.6 Å². The Morgan fingerprint density at radius 1 is 0.781 bits per heavy atom. The van der Waals surface area contributed by atoms with Crippen LogP contribution in [-0.2, 0) is 4.79 Å². The summed E-state index contributed by atoms with van der Waals surface area (Å²) in [6, 6.07) is 32.9.